The Labute approximate surface area is 137 Å². The molecular formula is C17H23Cl2NO. The molecule has 0 radical (unpaired) electrons. The van der Waals surface area contributed by atoms with Crippen LogP contribution in [0.5, 0.6) is 0 Å². The van der Waals surface area contributed by atoms with Gasteiger partial charge in [-0.15, -0.1) is 0 Å². The maximum Gasteiger partial charge on any atom is 0.0623 e. The highest BCUT2D eigenvalue weighted by Crippen LogP contribution is 2.41. The van der Waals surface area contributed by atoms with Crippen molar-refractivity contribution in [2.45, 2.75) is 57.3 Å². The Morgan fingerprint density at radius 3 is 2.81 bits per heavy atom. The molecule has 1 aromatic carbocycles. The Balaban J connectivity index is 1.73. The van der Waals surface area contributed by atoms with Gasteiger partial charge in [0.05, 0.1) is 12.2 Å². The quantitative estimate of drug-likeness (QED) is 0.832. The number of halogens is 2. The van der Waals surface area contributed by atoms with Gasteiger partial charge in [-0.05, 0) is 56.3 Å². The molecule has 0 spiro atoms. The number of rotatable bonds is 6. The van der Waals surface area contributed by atoms with Crippen molar-refractivity contribution >= 4 is 23.2 Å². The van der Waals surface area contributed by atoms with Crippen molar-refractivity contribution in [2.24, 2.45) is 5.92 Å². The third-order valence-corrected chi connectivity index (χ3v) is 5.37. The minimum absolute atomic E-state index is 0.440. The van der Waals surface area contributed by atoms with E-state index >= 15 is 0 Å². The van der Waals surface area contributed by atoms with Gasteiger partial charge in [0.2, 0.25) is 0 Å². The number of hydrogen-bond acceptors (Lipinski definition) is 2. The molecule has 1 aromatic rings. The van der Waals surface area contributed by atoms with Crippen LogP contribution in [0.1, 0.15) is 38.2 Å². The van der Waals surface area contributed by atoms with Gasteiger partial charge in [-0.25, -0.2) is 0 Å². The summed E-state index contributed by atoms with van der Waals surface area (Å²) in [4.78, 5) is 0. The lowest BCUT2D eigenvalue weighted by Crippen LogP contribution is -2.42. The molecule has 116 valence electrons. The van der Waals surface area contributed by atoms with Crippen LogP contribution in [0.3, 0.4) is 0 Å². The molecule has 2 saturated heterocycles. The summed E-state index contributed by atoms with van der Waals surface area (Å²) in [5, 5.41) is 5.19. The Morgan fingerprint density at radius 2 is 2.19 bits per heavy atom. The van der Waals surface area contributed by atoms with E-state index in [0.29, 0.717) is 29.2 Å². The topological polar surface area (TPSA) is 21.3 Å². The van der Waals surface area contributed by atoms with Crippen molar-refractivity contribution < 1.29 is 4.74 Å². The van der Waals surface area contributed by atoms with E-state index < -0.39 is 0 Å². The van der Waals surface area contributed by atoms with Crippen molar-refractivity contribution in [1.29, 1.82) is 0 Å². The number of ether oxygens (including phenoxy) is 1. The molecule has 2 aliphatic rings. The molecule has 2 nitrogen and oxygen atoms in total. The lowest BCUT2D eigenvalue weighted by atomic mass is 9.81. The SMILES string of the molecule is CCCNC(Cc1ccc(Cl)cc1Cl)C1CC2CCC1O2. The van der Waals surface area contributed by atoms with E-state index in [9.17, 15) is 0 Å². The Bertz CT molecular complexity index is 494. The number of hydrogen-bond donors (Lipinski definition) is 1. The predicted octanol–water partition coefficient (Wildman–Crippen LogP) is 4.47. The van der Waals surface area contributed by atoms with Crippen molar-refractivity contribution in [3.63, 3.8) is 0 Å². The number of fused-ring (bicyclic) bond motifs is 2. The van der Waals surface area contributed by atoms with Gasteiger partial charge in [-0.2, -0.15) is 0 Å². The summed E-state index contributed by atoms with van der Waals surface area (Å²) >= 11 is 12.3. The highest BCUT2D eigenvalue weighted by Gasteiger charge is 2.44. The summed E-state index contributed by atoms with van der Waals surface area (Å²) in [6.07, 6.45) is 6.68. The zero-order valence-corrected chi connectivity index (χ0v) is 14.0. The highest BCUT2D eigenvalue weighted by atomic mass is 35.5. The first kappa shape index (κ1) is 15.6. The van der Waals surface area contributed by atoms with Gasteiger partial charge in [-0.3, -0.25) is 0 Å². The van der Waals surface area contributed by atoms with Crippen LogP contribution in [0.2, 0.25) is 10.0 Å². The summed E-state index contributed by atoms with van der Waals surface area (Å²) in [5.41, 5.74) is 1.18. The lowest BCUT2D eigenvalue weighted by molar-refractivity contribution is 0.0857. The number of benzene rings is 1. The summed E-state index contributed by atoms with van der Waals surface area (Å²) in [7, 11) is 0. The Morgan fingerprint density at radius 1 is 1.33 bits per heavy atom. The van der Waals surface area contributed by atoms with Crippen molar-refractivity contribution in [3.05, 3.63) is 33.8 Å². The van der Waals surface area contributed by atoms with Gasteiger partial charge in [0.15, 0.2) is 0 Å². The van der Waals surface area contributed by atoms with Gasteiger partial charge in [0.1, 0.15) is 0 Å². The monoisotopic (exact) mass is 327 g/mol. The molecule has 4 atom stereocenters. The lowest BCUT2D eigenvalue weighted by Gasteiger charge is -2.30. The third kappa shape index (κ3) is 3.56. The average molecular weight is 328 g/mol. The molecule has 2 fully saturated rings. The molecule has 2 bridgehead atoms. The van der Waals surface area contributed by atoms with E-state index in [1.54, 1.807) is 0 Å². The molecule has 0 amide bonds. The fourth-order valence-electron chi connectivity index (χ4n) is 3.73. The summed E-state index contributed by atoms with van der Waals surface area (Å²) in [6, 6.07) is 6.27. The molecular weight excluding hydrogens is 305 g/mol. The van der Waals surface area contributed by atoms with Gasteiger partial charge in [-0.1, -0.05) is 36.2 Å². The van der Waals surface area contributed by atoms with E-state index in [1.165, 1.54) is 24.8 Å². The maximum atomic E-state index is 6.35. The molecule has 2 heterocycles. The van der Waals surface area contributed by atoms with Gasteiger partial charge in [0, 0.05) is 22.0 Å². The smallest absolute Gasteiger partial charge is 0.0623 e. The van der Waals surface area contributed by atoms with E-state index in [-0.39, 0.29) is 0 Å². The van der Waals surface area contributed by atoms with Crippen LogP contribution >= 0.6 is 23.2 Å². The predicted molar refractivity (Wildman–Crippen MR) is 88.2 cm³/mol. The molecule has 0 aromatic heterocycles. The molecule has 0 aliphatic carbocycles. The number of nitrogens with one attached hydrogen (secondary N) is 1. The van der Waals surface area contributed by atoms with Gasteiger partial charge >= 0.3 is 0 Å². The second-order valence-electron chi connectivity index (χ2n) is 6.27. The zero-order chi connectivity index (χ0) is 14.8. The Hall–Kier alpha value is -0.280. The van der Waals surface area contributed by atoms with Crippen LogP contribution in [0.15, 0.2) is 18.2 Å². The minimum Gasteiger partial charge on any atom is -0.375 e. The van der Waals surface area contributed by atoms with Crippen molar-refractivity contribution in [2.75, 3.05) is 6.54 Å². The molecule has 4 unspecified atom stereocenters. The standard InChI is InChI=1S/C17H23Cl2NO/c1-2-7-20-16(14-10-13-5-6-17(14)21-13)8-11-3-4-12(18)9-15(11)19/h3-4,9,13-14,16-17,20H,2,5-8,10H2,1H3. The molecule has 3 rings (SSSR count). The van der Waals surface area contributed by atoms with E-state index in [1.807, 2.05) is 12.1 Å². The fraction of sp³-hybridized carbons (Fsp3) is 0.647. The van der Waals surface area contributed by atoms with Crippen molar-refractivity contribution in [1.82, 2.24) is 5.32 Å². The van der Waals surface area contributed by atoms with Crippen LogP contribution in [0.4, 0.5) is 0 Å². The van der Waals surface area contributed by atoms with Crippen molar-refractivity contribution in [3.8, 4) is 0 Å². The zero-order valence-electron chi connectivity index (χ0n) is 12.4. The van der Waals surface area contributed by atoms with E-state index in [0.717, 1.165) is 24.4 Å². The minimum atomic E-state index is 0.440. The third-order valence-electron chi connectivity index (χ3n) is 4.78. The first-order valence-corrected chi connectivity index (χ1v) is 8.75. The van der Waals surface area contributed by atoms with Crippen LogP contribution in [0.25, 0.3) is 0 Å². The molecule has 1 N–H and O–H groups in total. The fourth-order valence-corrected chi connectivity index (χ4v) is 4.21. The summed E-state index contributed by atoms with van der Waals surface area (Å²) in [6.45, 7) is 3.25. The molecule has 0 saturated carbocycles. The normalized spacial score (nSPS) is 29.0. The maximum absolute atomic E-state index is 6.35. The second-order valence-corrected chi connectivity index (χ2v) is 7.12. The van der Waals surface area contributed by atoms with Crippen LogP contribution in [0, 0.1) is 5.92 Å². The van der Waals surface area contributed by atoms with Crippen LogP contribution < -0.4 is 5.32 Å². The Kier molecular flexibility index (Phi) is 5.11. The highest BCUT2D eigenvalue weighted by molar-refractivity contribution is 6.35. The van der Waals surface area contributed by atoms with E-state index in [2.05, 4.69) is 18.3 Å². The van der Waals surface area contributed by atoms with Gasteiger partial charge in [0.25, 0.3) is 0 Å². The van der Waals surface area contributed by atoms with E-state index in [4.69, 9.17) is 27.9 Å². The van der Waals surface area contributed by atoms with Gasteiger partial charge < -0.3 is 10.1 Å². The molecule has 4 heteroatoms. The molecule has 2 aliphatic heterocycles. The first-order chi connectivity index (χ1) is 10.2. The van der Waals surface area contributed by atoms with Crippen LogP contribution in [-0.4, -0.2) is 24.8 Å². The first-order valence-electron chi connectivity index (χ1n) is 8.00. The van der Waals surface area contributed by atoms with Crippen LogP contribution in [-0.2, 0) is 11.2 Å². The largest absolute Gasteiger partial charge is 0.375 e. The summed E-state index contributed by atoms with van der Waals surface area (Å²) < 4.78 is 6.04. The molecule has 21 heavy (non-hydrogen) atoms. The average Bonchev–Trinajstić information content (AvgIpc) is 3.08. The summed E-state index contributed by atoms with van der Waals surface area (Å²) in [5.74, 6) is 0.613. The second kappa shape index (κ2) is 6.87.